The van der Waals surface area contributed by atoms with Gasteiger partial charge in [0, 0.05) is 199 Å². The van der Waals surface area contributed by atoms with E-state index in [4.69, 9.17) is 28.4 Å². The summed E-state index contributed by atoms with van der Waals surface area (Å²) in [7, 11) is 9.41. The van der Waals surface area contributed by atoms with Crippen LogP contribution in [-0.2, 0) is 44.7 Å². The molecule has 6 aliphatic heterocycles. The largest absolute Gasteiger partial charge is 0.493 e. The minimum absolute atomic E-state index is 0.0348. The van der Waals surface area contributed by atoms with Gasteiger partial charge in [-0.3, -0.25) is 24.2 Å². The molecule has 1 saturated carbocycles. The zero-order valence-electron chi connectivity index (χ0n) is 75.0. The Balaban J connectivity index is 0.000000153. The quantitative estimate of drug-likeness (QED) is 0.0220. The van der Waals surface area contributed by atoms with E-state index in [2.05, 4.69) is 118 Å². The SMILES string of the molecule is COc1ccc([C@@H](CCCNc2nccc(C(F)(F)F)n2)N2Cc3c(cccc3N3CCN(C4CC4)CC3)C2=O)cc1OC.COc1ccc([C@@H](CCCNc2nccc(C(F)(F)F)n2)N2Cc3c(cccc3N3CCN(Cc4ccccc4)CC3)C2=O)cc1OC.COc1ccc([C@@H](CCCNc2nccc(C(F)(F)F)n2)N2Cc3c(cccc3N3CCNCC3)C2=O)cc1OC. The number of ether oxygens (including phenoxy) is 6. The van der Waals surface area contributed by atoms with Gasteiger partial charge in [0.05, 0.1) is 60.8 Å². The van der Waals surface area contributed by atoms with E-state index in [1.54, 1.807) is 42.7 Å². The van der Waals surface area contributed by atoms with Crippen molar-refractivity contribution in [2.75, 3.05) is 171 Å². The van der Waals surface area contributed by atoms with Crippen LogP contribution in [0, 0.1) is 0 Å². The molecule has 17 rings (SSSR count). The number of aromatic nitrogens is 6. The first-order valence-electron chi connectivity index (χ1n) is 44.6. The normalized spacial score (nSPS) is 16.5. The van der Waals surface area contributed by atoms with Gasteiger partial charge in [-0.05, 0) is 165 Å². The third kappa shape index (κ3) is 22.7. The van der Waals surface area contributed by atoms with E-state index >= 15 is 0 Å². The van der Waals surface area contributed by atoms with Crippen molar-refractivity contribution in [1.82, 2.24) is 59.7 Å². The highest BCUT2D eigenvalue weighted by molar-refractivity contribution is 6.02. The number of amides is 3. The van der Waals surface area contributed by atoms with Crippen molar-refractivity contribution in [1.29, 1.82) is 0 Å². The Labute approximate surface area is 766 Å². The number of rotatable bonds is 33. The lowest BCUT2D eigenvalue weighted by Crippen LogP contribution is -2.47. The highest BCUT2D eigenvalue weighted by Crippen LogP contribution is 2.46. The summed E-state index contributed by atoms with van der Waals surface area (Å²) in [5, 5.41) is 12.1. The molecule has 4 N–H and O–H groups in total. The molecule has 0 unspecified atom stereocenters. The second-order valence-corrected chi connectivity index (χ2v) is 33.3. The molecule has 9 heterocycles. The van der Waals surface area contributed by atoms with Gasteiger partial charge in [0.2, 0.25) is 17.8 Å². The van der Waals surface area contributed by atoms with E-state index in [1.807, 2.05) is 112 Å². The molecule has 0 spiro atoms. The number of hydrogen-bond acceptors (Lipinski definition) is 24. The molecule has 27 nitrogen and oxygen atoms in total. The molecule has 133 heavy (non-hydrogen) atoms. The van der Waals surface area contributed by atoms with Crippen LogP contribution < -0.4 is 64.4 Å². The number of anilines is 6. The van der Waals surface area contributed by atoms with Gasteiger partial charge in [0.25, 0.3) is 17.7 Å². The monoisotopic (exact) mass is 1840 g/mol. The van der Waals surface area contributed by atoms with Crippen molar-refractivity contribution in [2.45, 2.75) is 120 Å². The van der Waals surface area contributed by atoms with Crippen LogP contribution in [-0.4, -0.2) is 219 Å². The second-order valence-electron chi connectivity index (χ2n) is 33.3. The number of hydrogen-bond donors (Lipinski definition) is 4. The number of nitrogens with zero attached hydrogens (tertiary/aromatic N) is 14. The number of piperazine rings is 3. The van der Waals surface area contributed by atoms with Crippen molar-refractivity contribution in [3.63, 3.8) is 0 Å². The van der Waals surface area contributed by atoms with Gasteiger partial charge >= 0.3 is 18.5 Å². The summed E-state index contributed by atoms with van der Waals surface area (Å²) < 4.78 is 151. The van der Waals surface area contributed by atoms with E-state index in [0.717, 1.165) is 178 Å². The van der Waals surface area contributed by atoms with Gasteiger partial charge in [-0.2, -0.15) is 39.5 Å². The summed E-state index contributed by atoms with van der Waals surface area (Å²) in [5.41, 5.74) is 9.39. The summed E-state index contributed by atoms with van der Waals surface area (Å²) in [6.45, 7) is 14.3. The predicted molar refractivity (Wildman–Crippen MR) is 486 cm³/mol. The highest BCUT2D eigenvalue weighted by Gasteiger charge is 2.43. The molecular formula is C97H109F9N18O9. The van der Waals surface area contributed by atoms with Crippen molar-refractivity contribution < 1.29 is 82.3 Å². The Bertz CT molecular complexity index is 5660. The van der Waals surface area contributed by atoms with E-state index in [9.17, 15) is 53.9 Å². The molecular weight excluding hydrogens is 1730 g/mol. The maximum atomic E-state index is 14.1. The lowest BCUT2D eigenvalue weighted by Gasteiger charge is -2.37. The Morgan fingerprint density at radius 1 is 0.383 bits per heavy atom. The van der Waals surface area contributed by atoms with Gasteiger partial charge in [-0.25, -0.2) is 29.9 Å². The summed E-state index contributed by atoms with van der Waals surface area (Å²) >= 11 is 0. The van der Waals surface area contributed by atoms with Gasteiger partial charge in [0.15, 0.2) is 34.5 Å². The number of benzene rings is 7. The van der Waals surface area contributed by atoms with Gasteiger partial charge in [0.1, 0.15) is 17.1 Å². The van der Waals surface area contributed by atoms with Crippen LogP contribution in [0.4, 0.5) is 74.4 Å². The van der Waals surface area contributed by atoms with Crippen LogP contribution in [0.5, 0.6) is 34.5 Å². The minimum atomic E-state index is -4.56. The van der Waals surface area contributed by atoms with Crippen molar-refractivity contribution in [2.24, 2.45) is 0 Å². The number of methoxy groups -OCH3 is 6. The van der Waals surface area contributed by atoms with E-state index in [1.165, 1.54) is 18.4 Å². The maximum Gasteiger partial charge on any atom is 0.433 e. The lowest BCUT2D eigenvalue weighted by atomic mass is 9.99. The first-order valence-corrected chi connectivity index (χ1v) is 44.6. The van der Waals surface area contributed by atoms with Gasteiger partial charge in [-0.1, -0.05) is 66.7 Å². The minimum Gasteiger partial charge on any atom is -0.493 e. The standard InChI is InChI=1S/C36H39F3N6O3.C32H37F3N6O3.C29H33F3N6O3/c1-47-31-14-13-26(22-32(31)48-2)29(12-7-16-40-35-41-17-15-33(42-35)36(37,38)39)45-24-28-27(34(45)46)10-6-11-30(28)44-20-18-43(19-21-44)23-25-8-4-3-5-9-25;1-43-27-11-8-21(19-28(27)44-2)25(7-4-13-36-31-37-14-12-29(38-31)32(33,34)35)41-20-24-23(30(41)42)5-3-6-26(24)40-17-15-39(16-18-40)22-9-10-22;1-40-24-9-8-19(17-25(24)41-2)22(7-4-11-34-28-35-12-10-26(36-28)29(30,31)32)38-18-21-20(27(38)39)5-3-6-23(21)37-15-13-33-14-16-37/h3-6,8-11,13-15,17,22,29H,7,12,16,18-21,23-24H2,1-2H3,(H,40,41,42);3,5-6,8,11-12,14,19,22,25H,4,7,9-10,13,15-18,20H2,1-2H3,(H,36,37,38);3,5-6,8-10,12,17,22,33H,4,7,11,13-16,18H2,1-2H3,(H,34,35,36)/t29-;25-;22-/m111/s1. The maximum absolute atomic E-state index is 14.1. The highest BCUT2D eigenvalue weighted by atomic mass is 19.4. The first kappa shape index (κ1) is 94.7. The Morgan fingerprint density at radius 3 is 1.04 bits per heavy atom. The molecule has 3 saturated heterocycles. The molecule has 10 aromatic rings. The Kier molecular flexibility index (Phi) is 30.4. The number of carbonyl (C=O) groups is 3. The van der Waals surface area contributed by atoms with Crippen molar-refractivity contribution in [3.05, 3.63) is 249 Å². The molecule has 0 bridgehead atoms. The second kappa shape index (κ2) is 42.7. The molecule has 7 aromatic carbocycles. The van der Waals surface area contributed by atoms with E-state index in [0.29, 0.717) is 129 Å². The van der Waals surface area contributed by atoms with Crippen LogP contribution in [0.2, 0.25) is 0 Å². The number of nitrogens with one attached hydrogen (secondary N) is 4. The summed E-state index contributed by atoms with van der Waals surface area (Å²) in [5.74, 6) is 3.00. The zero-order valence-corrected chi connectivity index (χ0v) is 75.0. The van der Waals surface area contributed by atoms with Crippen LogP contribution in [0.3, 0.4) is 0 Å². The molecule has 1 aliphatic carbocycles. The zero-order chi connectivity index (χ0) is 93.5. The Morgan fingerprint density at radius 2 is 0.714 bits per heavy atom. The summed E-state index contributed by atoms with van der Waals surface area (Å²) in [6, 6.07) is 47.5. The van der Waals surface area contributed by atoms with Crippen molar-refractivity contribution >= 4 is 52.6 Å². The van der Waals surface area contributed by atoms with Gasteiger partial charge < -0.3 is 79.1 Å². The lowest BCUT2D eigenvalue weighted by molar-refractivity contribution is -0.141. The molecule has 3 atom stereocenters. The fraction of sp³-hybridized carbons (Fsp3) is 0.412. The number of alkyl halides is 9. The predicted octanol–water partition coefficient (Wildman–Crippen LogP) is 16.3. The molecule has 3 aromatic heterocycles. The number of carbonyl (C=O) groups excluding carboxylic acids is 3. The number of fused-ring (bicyclic) bond motifs is 3. The molecule has 704 valence electrons. The molecule has 0 radical (unpaired) electrons. The Hall–Kier alpha value is -13.0. The molecule has 36 heteroatoms. The average Bonchev–Trinajstić information content (AvgIpc) is 1.62. The fourth-order valence-electron chi connectivity index (χ4n) is 18.3. The number of halogens is 9. The van der Waals surface area contributed by atoms with Crippen molar-refractivity contribution in [3.8, 4) is 34.5 Å². The topological polar surface area (TPSA) is 258 Å². The van der Waals surface area contributed by atoms with Crippen LogP contribution in [0.15, 0.2) is 176 Å². The van der Waals surface area contributed by atoms with E-state index in [-0.39, 0.29) is 53.7 Å². The first-order chi connectivity index (χ1) is 64.3. The fourth-order valence-corrected chi connectivity index (χ4v) is 18.3. The summed E-state index contributed by atoms with van der Waals surface area (Å²) in [6.07, 6.45) is -4.53. The summed E-state index contributed by atoms with van der Waals surface area (Å²) in [4.78, 5) is 82.2. The molecule has 4 fully saturated rings. The van der Waals surface area contributed by atoms with Crippen LogP contribution >= 0.6 is 0 Å². The smallest absolute Gasteiger partial charge is 0.433 e. The van der Waals surface area contributed by atoms with E-state index < -0.39 is 35.6 Å². The third-order valence-corrected chi connectivity index (χ3v) is 25.2. The molecule has 3 amide bonds. The van der Waals surface area contributed by atoms with Crippen LogP contribution in [0.1, 0.15) is 157 Å². The van der Waals surface area contributed by atoms with Gasteiger partial charge in [-0.15, -0.1) is 0 Å². The van der Waals surface area contributed by atoms with Crippen LogP contribution in [0.25, 0.3) is 0 Å². The average molecular weight is 1840 g/mol. The third-order valence-electron chi connectivity index (χ3n) is 25.2. The molecule has 7 aliphatic rings.